The van der Waals surface area contributed by atoms with Crippen molar-refractivity contribution in [3.63, 3.8) is 0 Å². The van der Waals surface area contributed by atoms with Crippen molar-refractivity contribution in [2.24, 2.45) is 0 Å². The summed E-state index contributed by atoms with van der Waals surface area (Å²) in [6.07, 6.45) is 0.636. The van der Waals surface area contributed by atoms with Crippen LogP contribution in [-0.4, -0.2) is 68.6 Å². The van der Waals surface area contributed by atoms with Crippen molar-refractivity contribution in [3.05, 3.63) is 0 Å². The quantitative estimate of drug-likeness (QED) is 0.697. The standard InChI is InChI=1S/C9H17N3O3S.ClH/c13-9(11-5-2-10-3-6-11)8-12-4-1-7-16(12,14)15;/h10H,1-8H2;1H. The summed E-state index contributed by atoms with van der Waals surface area (Å²) >= 11 is 0. The van der Waals surface area contributed by atoms with E-state index in [4.69, 9.17) is 0 Å². The van der Waals surface area contributed by atoms with Gasteiger partial charge in [-0.15, -0.1) is 12.4 Å². The third kappa shape index (κ3) is 3.54. The average Bonchev–Trinajstić information content (AvgIpc) is 2.59. The number of piperazine rings is 1. The number of carbonyl (C=O) groups is 1. The number of nitrogens with zero attached hydrogens (tertiary/aromatic N) is 2. The van der Waals surface area contributed by atoms with Crippen molar-refractivity contribution >= 4 is 28.3 Å². The molecule has 2 rings (SSSR count). The Morgan fingerprint density at radius 1 is 1.18 bits per heavy atom. The van der Waals surface area contributed by atoms with Crippen LogP contribution < -0.4 is 5.32 Å². The third-order valence-corrected chi connectivity index (χ3v) is 4.89. The molecule has 2 saturated heterocycles. The maximum atomic E-state index is 11.8. The monoisotopic (exact) mass is 283 g/mol. The zero-order valence-corrected chi connectivity index (χ0v) is 11.2. The van der Waals surface area contributed by atoms with Crippen LogP contribution in [-0.2, 0) is 14.8 Å². The van der Waals surface area contributed by atoms with Gasteiger partial charge in [-0.05, 0) is 6.42 Å². The third-order valence-electron chi connectivity index (χ3n) is 2.98. The molecule has 0 aromatic rings. The topological polar surface area (TPSA) is 69.7 Å². The summed E-state index contributed by atoms with van der Waals surface area (Å²) < 4.78 is 24.3. The molecule has 2 fully saturated rings. The molecule has 1 amide bonds. The van der Waals surface area contributed by atoms with Gasteiger partial charge in [-0.25, -0.2) is 8.42 Å². The highest BCUT2D eigenvalue weighted by atomic mass is 35.5. The number of rotatable bonds is 2. The molecule has 0 unspecified atom stereocenters. The Morgan fingerprint density at radius 3 is 2.35 bits per heavy atom. The summed E-state index contributed by atoms with van der Waals surface area (Å²) in [5.74, 6) is 0.106. The SMILES string of the molecule is Cl.O=C(CN1CCCS1(=O)=O)N1CCNCC1. The lowest BCUT2D eigenvalue weighted by molar-refractivity contribution is -0.131. The van der Waals surface area contributed by atoms with Crippen molar-refractivity contribution in [2.45, 2.75) is 6.42 Å². The van der Waals surface area contributed by atoms with E-state index in [9.17, 15) is 13.2 Å². The average molecular weight is 284 g/mol. The summed E-state index contributed by atoms with van der Waals surface area (Å²) in [6, 6.07) is 0. The fourth-order valence-corrected chi connectivity index (χ4v) is 3.50. The zero-order chi connectivity index (χ0) is 11.6. The Kier molecular flexibility index (Phi) is 5.18. The lowest BCUT2D eigenvalue weighted by Crippen LogP contribution is -2.49. The number of hydrogen-bond acceptors (Lipinski definition) is 4. The van der Waals surface area contributed by atoms with E-state index >= 15 is 0 Å². The number of carbonyl (C=O) groups excluding carboxylic acids is 1. The Labute approximate surface area is 108 Å². The maximum Gasteiger partial charge on any atom is 0.237 e. The summed E-state index contributed by atoms with van der Waals surface area (Å²) in [5.41, 5.74) is 0. The molecule has 0 saturated carbocycles. The molecule has 6 nitrogen and oxygen atoms in total. The molecule has 1 N–H and O–H groups in total. The van der Waals surface area contributed by atoms with Crippen LogP contribution in [0, 0.1) is 0 Å². The van der Waals surface area contributed by atoms with Crippen molar-refractivity contribution in [2.75, 3.05) is 45.0 Å². The highest BCUT2D eigenvalue weighted by molar-refractivity contribution is 7.89. The first kappa shape index (κ1) is 14.7. The number of nitrogens with one attached hydrogen (secondary N) is 1. The molecule has 2 aliphatic heterocycles. The van der Waals surface area contributed by atoms with Crippen LogP contribution in [0.15, 0.2) is 0 Å². The van der Waals surface area contributed by atoms with E-state index in [0.717, 1.165) is 13.1 Å². The predicted octanol–water partition coefficient (Wildman–Crippen LogP) is -1.12. The number of amides is 1. The molecular formula is C9H18ClN3O3S. The van der Waals surface area contributed by atoms with Crippen LogP contribution >= 0.6 is 12.4 Å². The summed E-state index contributed by atoms with van der Waals surface area (Å²) in [6.45, 7) is 3.43. The van der Waals surface area contributed by atoms with Gasteiger partial charge in [0, 0.05) is 32.7 Å². The van der Waals surface area contributed by atoms with Crippen LogP contribution in [0.4, 0.5) is 0 Å². The van der Waals surface area contributed by atoms with Crippen LogP contribution in [0.3, 0.4) is 0 Å². The van der Waals surface area contributed by atoms with Gasteiger partial charge in [0.1, 0.15) is 0 Å². The van der Waals surface area contributed by atoms with Gasteiger partial charge in [-0.3, -0.25) is 4.79 Å². The van der Waals surface area contributed by atoms with Crippen LogP contribution in [0.1, 0.15) is 6.42 Å². The van der Waals surface area contributed by atoms with Gasteiger partial charge in [0.15, 0.2) is 0 Å². The van der Waals surface area contributed by atoms with Crippen molar-refractivity contribution in [3.8, 4) is 0 Å². The van der Waals surface area contributed by atoms with Crippen molar-refractivity contribution in [1.29, 1.82) is 0 Å². The molecular weight excluding hydrogens is 266 g/mol. The van der Waals surface area contributed by atoms with Gasteiger partial charge in [0.25, 0.3) is 0 Å². The molecule has 17 heavy (non-hydrogen) atoms. The molecule has 8 heteroatoms. The molecule has 0 bridgehead atoms. The Balaban J connectivity index is 0.00000144. The molecule has 100 valence electrons. The molecule has 0 radical (unpaired) electrons. The van der Waals surface area contributed by atoms with E-state index in [-0.39, 0.29) is 30.6 Å². The molecule has 0 spiro atoms. The predicted molar refractivity (Wildman–Crippen MR) is 66.7 cm³/mol. The highest BCUT2D eigenvalue weighted by Crippen LogP contribution is 2.13. The van der Waals surface area contributed by atoms with Crippen LogP contribution in [0.25, 0.3) is 0 Å². The van der Waals surface area contributed by atoms with Gasteiger partial charge in [-0.1, -0.05) is 0 Å². The Hall–Kier alpha value is -0.370. The maximum absolute atomic E-state index is 11.8. The lowest BCUT2D eigenvalue weighted by atomic mass is 10.3. The molecule has 2 aliphatic rings. The van der Waals surface area contributed by atoms with Gasteiger partial charge in [0.2, 0.25) is 15.9 Å². The van der Waals surface area contributed by atoms with Crippen LogP contribution in [0.5, 0.6) is 0 Å². The molecule has 0 aliphatic carbocycles. The minimum Gasteiger partial charge on any atom is -0.339 e. The first-order chi connectivity index (χ1) is 7.59. The van der Waals surface area contributed by atoms with Crippen molar-refractivity contribution in [1.82, 2.24) is 14.5 Å². The normalized spacial score (nSPS) is 24.4. The van der Waals surface area contributed by atoms with Crippen molar-refractivity contribution < 1.29 is 13.2 Å². The zero-order valence-electron chi connectivity index (χ0n) is 9.59. The molecule has 0 aromatic carbocycles. The minimum absolute atomic E-state index is 0. The van der Waals surface area contributed by atoms with Crippen LogP contribution in [0.2, 0.25) is 0 Å². The van der Waals surface area contributed by atoms with E-state index < -0.39 is 10.0 Å². The lowest BCUT2D eigenvalue weighted by Gasteiger charge is -2.28. The second kappa shape index (κ2) is 5.99. The largest absolute Gasteiger partial charge is 0.339 e. The number of sulfonamides is 1. The van der Waals surface area contributed by atoms with E-state index in [1.165, 1.54) is 4.31 Å². The summed E-state index contributed by atoms with van der Waals surface area (Å²) in [5, 5.41) is 3.15. The van der Waals surface area contributed by atoms with E-state index in [0.29, 0.717) is 26.1 Å². The Bertz CT molecular complexity index is 368. The van der Waals surface area contributed by atoms with E-state index in [2.05, 4.69) is 5.32 Å². The molecule has 2 heterocycles. The highest BCUT2D eigenvalue weighted by Gasteiger charge is 2.31. The van der Waals surface area contributed by atoms with Gasteiger partial charge in [0.05, 0.1) is 12.3 Å². The number of hydrogen-bond donors (Lipinski definition) is 1. The second-order valence-electron chi connectivity index (χ2n) is 4.13. The summed E-state index contributed by atoms with van der Waals surface area (Å²) in [4.78, 5) is 13.6. The number of halogens is 1. The fraction of sp³-hybridized carbons (Fsp3) is 0.889. The smallest absolute Gasteiger partial charge is 0.237 e. The van der Waals surface area contributed by atoms with Gasteiger partial charge in [-0.2, -0.15) is 4.31 Å². The fourth-order valence-electron chi connectivity index (χ4n) is 2.03. The van der Waals surface area contributed by atoms with E-state index in [1.54, 1.807) is 4.90 Å². The van der Waals surface area contributed by atoms with Gasteiger partial charge >= 0.3 is 0 Å². The summed E-state index contributed by atoms with van der Waals surface area (Å²) in [7, 11) is -3.15. The second-order valence-corrected chi connectivity index (χ2v) is 6.22. The first-order valence-electron chi connectivity index (χ1n) is 5.56. The van der Waals surface area contributed by atoms with Gasteiger partial charge < -0.3 is 10.2 Å². The van der Waals surface area contributed by atoms with E-state index in [1.807, 2.05) is 0 Å². The first-order valence-corrected chi connectivity index (χ1v) is 7.17. The molecule has 0 aromatic heterocycles. The minimum atomic E-state index is -3.15. The Morgan fingerprint density at radius 2 is 1.82 bits per heavy atom. The molecule has 0 atom stereocenters.